The lowest BCUT2D eigenvalue weighted by molar-refractivity contribution is 0.0655. The van der Waals surface area contributed by atoms with E-state index in [1.54, 1.807) is 21.8 Å². The number of benzene rings is 1. The minimum atomic E-state index is -0.292. The number of hydrogen-bond acceptors (Lipinski definition) is 4. The molecule has 7 heteroatoms. The quantitative estimate of drug-likeness (QED) is 0.924. The van der Waals surface area contributed by atoms with Crippen molar-refractivity contribution in [2.24, 2.45) is 11.7 Å². The zero-order chi connectivity index (χ0) is 17.1. The third kappa shape index (κ3) is 3.79. The first-order chi connectivity index (χ1) is 11.5. The van der Waals surface area contributed by atoms with Gasteiger partial charge >= 0.3 is 0 Å². The van der Waals surface area contributed by atoms with Crippen LogP contribution in [0, 0.1) is 11.7 Å². The van der Waals surface area contributed by atoms with Crippen LogP contribution in [0.25, 0.3) is 0 Å². The molecule has 3 rings (SSSR count). The van der Waals surface area contributed by atoms with Crippen LogP contribution in [0.15, 0.2) is 30.5 Å². The molecule has 2 unspecified atom stereocenters. The zero-order valence-corrected chi connectivity index (χ0v) is 13.7. The van der Waals surface area contributed by atoms with Crippen molar-refractivity contribution in [2.75, 3.05) is 13.1 Å². The summed E-state index contributed by atoms with van der Waals surface area (Å²) in [5.74, 6) is -0.0879. The number of nitrogens with zero attached hydrogens (tertiary/aromatic N) is 4. The van der Waals surface area contributed by atoms with Crippen LogP contribution in [0.4, 0.5) is 4.39 Å². The van der Waals surface area contributed by atoms with Crippen LogP contribution in [0.3, 0.4) is 0 Å². The monoisotopic (exact) mass is 331 g/mol. The molecule has 24 heavy (non-hydrogen) atoms. The van der Waals surface area contributed by atoms with Crippen LogP contribution in [0.1, 0.15) is 35.8 Å². The molecule has 6 nitrogen and oxygen atoms in total. The summed E-state index contributed by atoms with van der Waals surface area (Å²) in [6.07, 6.45) is 3.62. The van der Waals surface area contributed by atoms with Crippen molar-refractivity contribution in [3.8, 4) is 0 Å². The van der Waals surface area contributed by atoms with E-state index in [4.69, 9.17) is 5.73 Å². The fraction of sp³-hybridized carbons (Fsp3) is 0.471. The van der Waals surface area contributed by atoms with Crippen molar-refractivity contribution in [1.29, 1.82) is 0 Å². The second-order valence-electron chi connectivity index (χ2n) is 6.44. The van der Waals surface area contributed by atoms with Gasteiger partial charge in [0.1, 0.15) is 5.82 Å². The van der Waals surface area contributed by atoms with E-state index in [2.05, 4.69) is 10.3 Å². The summed E-state index contributed by atoms with van der Waals surface area (Å²) < 4.78 is 14.8. The van der Waals surface area contributed by atoms with Gasteiger partial charge in [0.25, 0.3) is 5.91 Å². The molecule has 2 N–H and O–H groups in total. The van der Waals surface area contributed by atoms with E-state index in [0.29, 0.717) is 24.7 Å². The van der Waals surface area contributed by atoms with Crippen molar-refractivity contribution in [1.82, 2.24) is 19.9 Å². The Hall–Kier alpha value is -2.28. The molecule has 1 aliphatic rings. The van der Waals surface area contributed by atoms with Crippen molar-refractivity contribution < 1.29 is 9.18 Å². The summed E-state index contributed by atoms with van der Waals surface area (Å²) >= 11 is 0. The molecule has 2 atom stereocenters. The van der Waals surface area contributed by atoms with Gasteiger partial charge in [-0.1, -0.05) is 17.3 Å². The summed E-state index contributed by atoms with van der Waals surface area (Å²) in [6.45, 7) is 3.74. The maximum absolute atomic E-state index is 13.2. The Morgan fingerprint density at radius 1 is 1.50 bits per heavy atom. The normalized spacial score (nSPS) is 19.3. The smallest absolute Gasteiger partial charge is 0.276 e. The number of carbonyl (C=O) groups is 1. The third-order valence-corrected chi connectivity index (χ3v) is 4.48. The highest BCUT2D eigenvalue weighted by atomic mass is 19.1. The Labute approximate surface area is 140 Å². The molecule has 0 radical (unpaired) electrons. The highest BCUT2D eigenvalue weighted by molar-refractivity contribution is 5.92. The van der Waals surface area contributed by atoms with Gasteiger partial charge in [-0.2, -0.15) is 0 Å². The first-order valence-electron chi connectivity index (χ1n) is 8.22. The molecule has 1 saturated heterocycles. The van der Waals surface area contributed by atoms with Crippen LogP contribution in [0.5, 0.6) is 0 Å². The van der Waals surface area contributed by atoms with Gasteiger partial charge in [-0.15, -0.1) is 5.10 Å². The van der Waals surface area contributed by atoms with Crippen LogP contribution in [-0.2, 0) is 6.54 Å². The zero-order valence-electron chi connectivity index (χ0n) is 13.7. The second-order valence-corrected chi connectivity index (χ2v) is 6.44. The van der Waals surface area contributed by atoms with E-state index >= 15 is 0 Å². The van der Waals surface area contributed by atoms with Crippen molar-refractivity contribution >= 4 is 5.91 Å². The number of carbonyl (C=O) groups excluding carboxylic acids is 1. The number of nitrogens with two attached hydrogens (primary N) is 1. The van der Waals surface area contributed by atoms with Crippen molar-refractivity contribution in [3.05, 3.63) is 47.5 Å². The molecule has 2 aromatic rings. The minimum absolute atomic E-state index is 0.0734. The summed E-state index contributed by atoms with van der Waals surface area (Å²) in [7, 11) is 0. The summed E-state index contributed by atoms with van der Waals surface area (Å²) in [6, 6.07) is 6.37. The fourth-order valence-corrected chi connectivity index (χ4v) is 3.08. The lowest BCUT2D eigenvalue weighted by atomic mass is 9.92. The Kier molecular flexibility index (Phi) is 4.89. The molecule has 1 fully saturated rings. The topological polar surface area (TPSA) is 77.0 Å². The van der Waals surface area contributed by atoms with Crippen LogP contribution in [0.2, 0.25) is 0 Å². The lowest BCUT2D eigenvalue weighted by Gasteiger charge is -2.34. The molecule has 1 amide bonds. The molecule has 0 saturated carbocycles. The Balaban J connectivity index is 1.67. The summed E-state index contributed by atoms with van der Waals surface area (Å²) in [4.78, 5) is 14.4. The molecule has 0 aliphatic carbocycles. The van der Waals surface area contributed by atoms with Crippen LogP contribution in [-0.4, -0.2) is 44.9 Å². The molecule has 1 aromatic carbocycles. The van der Waals surface area contributed by atoms with Gasteiger partial charge in [-0.3, -0.25) is 4.79 Å². The van der Waals surface area contributed by atoms with Gasteiger partial charge in [-0.05, 0) is 43.4 Å². The SMILES string of the molecule is CC(N)C1CCCN(C(=O)c2cn(Cc3cccc(F)c3)nn2)C1. The lowest BCUT2D eigenvalue weighted by Crippen LogP contribution is -2.45. The van der Waals surface area contributed by atoms with E-state index in [0.717, 1.165) is 24.9 Å². The van der Waals surface area contributed by atoms with Gasteiger partial charge in [-0.25, -0.2) is 9.07 Å². The van der Waals surface area contributed by atoms with E-state index < -0.39 is 0 Å². The largest absolute Gasteiger partial charge is 0.337 e. The van der Waals surface area contributed by atoms with Gasteiger partial charge in [0.2, 0.25) is 0 Å². The van der Waals surface area contributed by atoms with Crippen LogP contribution < -0.4 is 5.73 Å². The molecular formula is C17H22FN5O. The number of amides is 1. The van der Waals surface area contributed by atoms with Gasteiger partial charge in [0.15, 0.2) is 5.69 Å². The predicted octanol–water partition coefficient (Wildman–Crippen LogP) is 1.66. The average molecular weight is 331 g/mol. The van der Waals surface area contributed by atoms with E-state index in [-0.39, 0.29) is 17.8 Å². The first kappa shape index (κ1) is 16.6. The molecule has 0 bridgehead atoms. The summed E-state index contributed by atoms with van der Waals surface area (Å²) in [5.41, 5.74) is 7.06. The van der Waals surface area contributed by atoms with Gasteiger partial charge in [0.05, 0.1) is 12.7 Å². The number of halogens is 1. The summed E-state index contributed by atoms with van der Waals surface area (Å²) in [5, 5.41) is 7.96. The highest BCUT2D eigenvalue weighted by Gasteiger charge is 2.27. The van der Waals surface area contributed by atoms with Gasteiger partial charge < -0.3 is 10.6 Å². The van der Waals surface area contributed by atoms with Crippen molar-refractivity contribution in [3.63, 3.8) is 0 Å². The highest BCUT2D eigenvalue weighted by Crippen LogP contribution is 2.20. The number of rotatable bonds is 4. The van der Waals surface area contributed by atoms with E-state index in [1.807, 2.05) is 13.0 Å². The third-order valence-electron chi connectivity index (χ3n) is 4.48. The van der Waals surface area contributed by atoms with Crippen LogP contribution >= 0.6 is 0 Å². The Morgan fingerprint density at radius 3 is 3.08 bits per heavy atom. The van der Waals surface area contributed by atoms with Crippen molar-refractivity contribution in [2.45, 2.75) is 32.4 Å². The number of aromatic nitrogens is 3. The van der Waals surface area contributed by atoms with E-state index in [1.165, 1.54) is 12.1 Å². The number of likely N-dealkylation sites (tertiary alicyclic amines) is 1. The standard InChI is InChI=1S/C17H22FN5O/c1-12(19)14-5-3-7-22(10-14)17(24)16-11-23(21-20-16)9-13-4-2-6-15(18)8-13/h2,4,6,8,11-12,14H,3,5,7,9-10,19H2,1H3. The minimum Gasteiger partial charge on any atom is -0.337 e. The maximum atomic E-state index is 13.2. The fourth-order valence-electron chi connectivity index (χ4n) is 3.08. The first-order valence-corrected chi connectivity index (χ1v) is 8.22. The maximum Gasteiger partial charge on any atom is 0.276 e. The predicted molar refractivity (Wildman–Crippen MR) is 87.8 cm³/mol. The Morgan fingerprint density at radius 2 is 2.33 bits per heavy atom. The van der Waals surface area contributed by atoms with Gasteiger partial charge in [0, 0.05) is 19.1 Å². The second kappa shape index (κ2) is 7.09. The molecule has 128 valence electrons. The molecule has 1 aliphatic heterocycles. The number of hydrogen-bond donors (Lipinski definition) is 1. The average Bonchev–Trinajstić information content (AvgIpc) is 3.02. The molecular weight excluding hydrogens is 309 g/mol. The van der Waals surface area contributed by atoms with E-state index in [9.17, 15) is 9.18 Å². The number of piperidine rings is 1. The molecule has 1 aromatic heterocycles. The Bertz CT molecular complexity index is 715. The molecule has 0 spiro atoms. The molecule has 2 heterocycles.